The lowest BCUT2D eigenvalue weighted by atomic mass is 10.2. The van der Waals surface area contributed by atoms with Crippen molar-refractivity contribution >= 4 is 23.2 Å². The first kappa shape index (κ1) is 13.4. The van der Waals surface area contributed by atoms with Crippen LogP contribution in [0.2, 0.25) is 10.0 Å². The van der Waals surface area contributed by atoms with Gasteiger partial charge in [-0.2, -0.15) is 0 Å². The highest BCUT2D eigenvalue weighted by molar-refractivity contribution is 6.36. The molecule has 0 spiro atoms. The van der Waals surface area contributed by atoms with Crippen LogP contribution in [0.1, 0.15) is 19.5 Å². The summed E-state index contributed by atoms with van der Waals surface area (Å²) in [5, 5.41) is 4.40. The Labute approximate surface area is 116 Å². The van der Waals surface area contributed by atoms with E-state index < -0.39 is 0 Å². The Balaban J connectivity index is 2.18. The van der Waals surface area contributed by atoms with Crippen molar-refractivity contribution in [1.82, 2.24) is 10.3 Å². The Morgan fingerprint density at radius 2 is 2.11 bits per heavy atom. The van der Waals surface area contributed by atoms with Crippen molar-refractivity contribution in [3.63, 3.8) is 0 Å². The molecule has 0 aliphatic carbocycles. The molecule has 96 valence electrons. The Bertz CT molecular complexity index is 538. The van der Waals surface area contributed by atoms with E-state index in [1.165, 1.54) is 0 Å². The fraction of sp³-hybridized carbons (Fsp3) is 0.308. The van der Waals surface area contributed by atoms with Crippen LogP contribution in [0.15, 0.2) is 28.9 Å². The third kappa shape index (κ3) is 3.25. The summed E-state index contributed by atoms with van der Waals surface area (Å²) < 4.78 is 5.43. The summed E-state index contributed by atoms with van der Waals surface area (Å²) in [6, 6.07) is 5.65. The number of hydrogen-bond donors (Lipinski definition) is 1. The van der Waals surface area contributed by atoms with E-state index in [1.54, 1.807) is 24.5 Å². The second kappa shape index (κ2) is 5.74. The minimum Gasteiger partial charge on any atom is -0.444 e. The molecule has 0 unspecified atom stereocenters. The molecule has 18 heavy (non-hydrogen) atoms. The van der Waals surface area contributed by atoms with Gasteiger partial charge in [-0.1, -0.05) is 37.0 Å². The number of halogens is 2. The number of hydrogen-bond acceptors (Lipinski definition) is 3. The molecule has 0 radical (unpaired) electrons. The highest BCUT2D eigenvalue weighted by Gasteiger charge is 2.10. The topological polar surface area (TPSA) is 38.1 Å². The van der Waals surface area contributed by atoms with Gasteiger partial charge in [-0.25, -0.2) is 4.98 Å². The van der Waals surface area contributed by atoms with Crippen molar-refractivity contribution in [1.29, 1.82) is 0 Å². The molecule has 0 fully saturated rings. The third-order valence-corrected chi connectivity index (χ3v) is 2.95. The van der Waals surface area contributed by atoms with E-state index in [2.05, 4.69) is 24.1 Å². The lowest BCUT2D eigenvalue weighted by Crippen LogP contribution is -2.21. The zero-order valence-corrected chi connectivity index (χ0v) is 11.7. The fourth-order valence-electron chi connectivity index (χ4n) is 1.48. The van der Waals surface area contributed by atoms with Gasteiger partial charge in [0.2, 0.25) is 5.89 Å². The molecular weight excluding hydrogens is 271 g/mol. The Morgan fingerprint density at radius 3 is 2.78 bits per heavy atom. The van der Waals surface area contributed by atoms with Crippen LogP contribution in [0.4, 0.5) is 0 Å². The normalized spacial score (nSPS) is 11.2. The predicted octanol–water partition coefficient (Wildman–Crippen LogP) is 4.15. The van der Waals surface area contributed by atoms with Gasteiger partial charge in [-0.05, 0) is 18.2 Å². The lowest BCUT2D eigenvalue weighted by molar-refractivity contribution is 0.560. The number of oxazole rings is 1. The van der Waals surface area contributed by atoms with Crippen LogP contribution >= 0.6 is 23.2 Å². The van der Waals surface area contributed by atoms with Gasteiger partial charge in [0.1, 0.15) is 6.26 Å². The minimum atomic E-state index is 0.407. The number of aromatic nitrogens is 1. The molecule has 2 aromatic rings. The highest BCUT2D eigenvalue weighted by atomic mass is 35.5. The average Bonchev–Trinajstić information content (AvgIpc) is 2.75. The monoisotopic (exact) mass is 284 g/mol. The van der Waals surface area contributed by atoms with E-state index in [0.717, 1.165) is 11.3 Å². The smallest absolute Gasteiger partial charge is 0.227 e. The standard InChI is InChI=1S/C13H14Cl2N2O/c1-8(2)16-6-10-7-18-13(17-10)11-4-3-9(14)5-12(11)15/h3-5,7-8,16H,6H2,1-2H3. The van der Waals surface area contributed by atoms with E-state index in [4.69, 9.17) is 27.6 Å². The van der Waals surface area contributed by atoms with Crippen LogP contribution in [-0.2, 0) is 6.54 Å². The second-order valence-electron chi connectivity index (χ2n) is 4.30. The molecule has 1 aromatic heterocycles. The van der Waals surface area contributed by atoms with Crippen LogP contribution in [0, 0.1) is 0 Å². The lowest BCUT2D eigenvalue weighted by Gasteiger charge is -2.04. The van der Waals surface area contributed by atoms with Crippen LogP contribution < -0.4 is 5.32 Å². The van der Waals surface area contributed by atoms with Gasteiger partial charge < -0.3 is 9.73 Å². The molecule has 2 rings (SSSR count). The molecule has 1 heterocycles. The van der Waals surface area contributed by atoms with Gasteiger partial charge in [0.05, 0.1) is 16.3 Å². The van der Waals surface area contributed by atoms with Gasteiger partial charge in [-0.15, -0.1) is 0 Å². The summed E-state index contributed by atoms with van der Waals surface area (Å²) in [5.74, 6) is 0.511. The molecule has 1 N–H and O–H groups in total. The molecule has 0 aliphatic heterocycles. The van der Waals surface area contributed by atoms with Crippen LogP contribution in [0.25, 0.3) is 11.5 Å². The second-order valence-corrected chi connectivity index (χ2v) is 5.15. The molecular formula is C13H14Cl2N2O. The van der Waals surface area contributed by atoms with Crippen LogP contribution in [0.3, 0.4) is 0 Å². The quantitative estimate of drug-likeness (QED) is 0.917. The van der Waals surface area contributed by atoms with Gasteiger partial charge in [0.25, 0.3) is 0 Å². The van der Waals surface area contributed by atoms with Crippen molar-refractivity contribution in [3.8, 4) is 11.5 Å². The first-order valence-electron chi connectivity index (χ1n) is 5.69. The largest absolute Gasteiger partial charge is 0.444 e. The molecule has 3 nitrogen and oxygen atoms in total. The molecule has 0 saturated heterocycles. The van der Waals surface area contributed by atoms with Gasteiger partial charge in [0, 0.05) is 17.6 Å². The third-order valence-electron chi connectivity index (χ3n) is 2.40. The van der Waals surface area contributed by atoms with Crippen molar-refractivity contribution < 1.29 is 4.42 Å². The number of benzene rings is 1. The van der Waals surface area contributed by atoms with Gasteiger partial charge in [0.15, 0.2) is 0 Å². The van der Waals surface area contributed by atoms with E-state index in [-0.39, 0.29) is 0 Å². The summed E-state index contributed by atoms with van der Waals surface area (Å²) >= 11 is 11.9. The first-order chi connectivity index (χ1) is 8.56. The number of rotatable bonds is 4. The molecule has 0 atom stereocenters. The Hall–Kier alpha value is -1.03. The maximum atomic E-state index is 6.10. The van der Waals surface area contributed by atoms with Crippen molar-refractivity contribution in [2.75, 3.05) is 0 Å². The first-order valence-corrected chi connectivity index (χ1v) is 6.45. The fourth-order valence-corrected chi connectivity index (χ4v) is 1.97. The van der Waals surface area contributed by atoms with Gasteiger partial charge >= 0.3 is 0 Å². The highest BCUT2D eigenvalue weighted by Crippen LogP contribution is 2.29. The Morgan fingerprint density at radius 1 is 1.33 bits per heavy atom. The molecule has 5 heteroatoms. The minimum absolute atomic E-state index is 0.407. The zero-order valence-electron chi connectivity index (χ0n) is 10.2. The maximum Gasteiger partial charge on any atom is 0.227 e. The van der Waals surface area contributed by atoms with E-state index in [1.807, 2.05) is 0 Å². The van der Waals surface area contributed by atoms with Crippen molar-refractivity contribution in [2.24, 2.45) is 0 Å². The van der Waals surface area contributed by atoms with E-state index >= 15 is 0 Å². The summed E-state index contributed by atoms with van der Waals surface area (Å²) in [7, 11) is 0. The Kier molecular flexibility index (Phi) is 4.27. The number of nitrogens with zero attached hydrogens (tertiary/aromatic N) is 1. The van der Waals surface area contributed by atoms with Crippen molar-refractivity contribution in [3.05, 3.63) is 40.2 Å². The van der Waals surface area contributed by atoms with E-state index in [0.29, 0.717) is 28.5 Å². The van der Waals surface area contributed by atoms with Gasteiger partial charge in [-0.3, -0.25) is 0 Å². The zero-order chi connectivity index (χ0) is 13.1. The molecule has 0 amide bonds. The summed E-state index contributed by atoms with van der Waals surface area (Å²) in [6.07, 6.45) is 1.63. The van der Waals surface area contributed by atoms with E-state index in [9.17, 15) is 0 Å². The predicted molar refractivity (Wildman–Crippen MR) is 73.9 cm³/mol. The average molecular weight is 285 g/mol. The molecule has 0 saturated carbocycles. The summed E-state index contributed by atoms with van der Waals surface area (Å²) in [6.45, 7) is 4.83. The van der Waals surface area contributed by atoms with Crippen LogP contribution in [-0.4, -0.2) is 11.0 Å². The summed E-state index contributed by atoms with van der Waals surface area (Å²) in [5.41, 5.74) is 1.60. The summed E-state index contributed by atoms with van der Waals surface area (Å²) in [4.78, 5) is 4.39. The number of nitrogens with one attached hydrogen (secondary N) is 1. The molecule has 0 aliphatic rings. The maximum absolute atomic E-state index is 6.10. The molecule has 0 bridgehead atoms. The SMILES string of the molecule is CC(C)NCc1coc(-c2ccc(Cl)cc2Cl)n1. The molecule has 1 aromatic carbocycles. The van der Waals surface area contributed by atoms with Crippen molar-refractivity contribution in [2.45, 2.75) is 26.4 Å². The van der Waals surface area contributed by atoms with Crippen LogP contribution in [0.5, 0.6) is 0 Å².